The Morgan fingerprint density at radius 3 is 2.63 bits per heavy atom. The van der Waals surface area contributed by atoms with Crippen molar-refractivity contribution < 1.29 is 22.7 Å². The summed E-state index contributed by atoms with van der Waals surface area (Å²) < 4.78 is 45.9. The van der Waals surface area contributed by atoms with Crippen molar-refractivity contribution in [2.75, 3.05) is 5.32 Å². The van der Waals surface area contributed by atoms with E-state index < -0.39 is 23.8 Å². The first-order valence-electron chi connectivity index (χ1n) is 8.89. The fourth-order valence-corrected chi connectivity index (χ4v) is 2.72. The van der Waals surface area contributed by atoms with E-state index in [-0.39, 0.29) is 11.5 Å². The molecule has 2 aromatic carbocycles. The number of hydrogen-bond donors (Lipinski definition) is 1. The van der Waals surface area contributed by atoms with Gasteiger partial charge in [-0.3, -0.25) is 4.79 Å². The van der Waals surface area contributed by atoms with Gasteiger partial charge in [0.05, 0.1) is 28.6 Å². The number of nitrogens with zero attached hydrogens (tertiary/aromatic N) is 3. The molecule has 0 spiro atoms. The average Bonchev–Trinajstić information content (AvgIpc) is 3.07. The fraction of sp³-hybridized carbons (Fsp3) is 0.190. The molecule has 1 heterocycles. The van der Waals surface area contributed by atoms with Crippen molar-refractivity contribution in [1.82, 2.24) is 9.78 Å². The first kappa shape index (κ1) is 20.9. The molecule has 6 nitrogen and oxygen atoms in total. The number of ether oxygens (including phenoxy) is 1. The van der Waals surface area contributed by atoms with Gasteiger partial charge in [-0.2, -0.15) is 23.5 Å². The van der Waals surface area contributed by atoms with Gasteiger partial charge in [0.1, 0.15) is 11.6 Å². The third-order valence-corrected chi connectivity index (χ3v) is 4.15. The van der Waals surface area contributed by atoms with Gasteiger partial charge in [0.25, 0.3) is 5.91 Å². The summed E-state index contributed by atoms with van der Waals surface area (Å²) >= 11 is 0. The van der Waals surface area contributed by atoms with Crippen LogP contribution in [-0.4, -0.2) is 21.8 Å². The van der Waals surface area contributed by atoms with Crippen LogP contribution in [0, 0.1) is 18.3 Å². The minimum absolute atomic E-state index is 0.156. The lowest BCUT2D eigenvalue weighted by Gasteiger charge is -2.16. The van der Waals surface area contributed by atoms with Crippen molar-refractivity contribution in [3.05, 3.63) is 71.4 Å². The van der Waals surface area contributed by atoms with Gasteiger partial charge in [-0.25, -0.2) is 4.68 Å². The Balaban J connectivity index is 1.81. The summed E-state index contributed by atoms with van der Waals surface area (Å²) in [6, 6.07) is 14.5. The predicted octanol–water partition coefficient (Wildman–Crippen LogP) is 4.48. The molecular weight excluding hydrogens is 397 g/mol. The van der Waals surface area contributed by atoms with Crippen molar-refractivity contribution in [2.24, 2.45) is 0 Å². The number of aryl methyl sites for hydroxylation is 1. The normalized spacial score (nSPS) is 12.1. The summed E-state index contributed by atoms with van der Waals surface area (Å²) in [6.45, 7) is 3.18. The molecule has 154 valence electrons. The molecule has 9 heteroatoms. The van der Waals surface area contributed by atoms with Crippen molar-refractivity contribution in [3.63, 3.8) is 0 Å². The minimum Gasteiger partial charge on any atom is -0.481 e. The molecule has 0 bridgehead atoms. The Labute approximate surface area is 170 Å². The van der Waals surface area contributed by atoms with Crippen LogP contribution in [0.3, 0.4) is 0 Å². The van der Waals surface area contributed by atoms with E-state index in [4.69, 9.17) is 10.00 Å². The highest BCUT2D eigenvalue weighted by Gasteiger charge is 2.30. The fourth-order valence-electron chi connectivity index (χ4n) is 2.72. The van der Waals surface area contributed by atoms with E-state index in [1.54, 1.807) is 31.2 Å². The molecule has 1 N–H and O–H groups in total. The monoisotopic (exact) mass is 414 g/mol. The van der Waals surface area contributed by atoms with Crippen LogP contribution in [0.2, 0.25) is 0 Å². The van der Waals surface area contributed by atoms with Crippen molar-refractivity contribution in [2.45, 2.75) is 26.1 Å². The Morgan fingerprint density at radius 2 is 1.93 bits per heavy atom. The summed E-state index contributed by atoms with van der Waals surface area (Å²) in [5.74, 6) is 0.0304. The molecule has 1 amide bonds. The third-order valence-electron chi connectivity index (χ3n) is 4.15. The van der Waals surface area contributed by atoms with Crippen LogP contribution >= 0.6 is 0 Å². The van der Waals surface area contributed by atoms with E-state index in [0.717, 1.165) is 12.1 Å². The van der Waals surface area contributed by atoms with E-state index in [2.05, 4.69) is 10.4 Å². The van der Waals surface area contributed by atoms with Gasteiger partial charge in [-0.05, 0) is 50.2 Å². The van der Waals surface area contributed by atoms with Crippen LogP contribution < -0.4 is 10.1 Å². The van der Waals surface area contributed by atoms with Crippen LogP contribution in [0.15, 0.2) is 54.6 Å². The van der Waals surface area contributed by atoms with Crippen LogP contribution in [0.4, 0.5) is 19.0 Å². The molecule has 0 aliphatic heterocycles. The number of aromatic nitrogens is 2. The lowest BCUT2D eigenvalue weighted by molar-refractivity contribution is -0.137. The maximum absolute atomic E-state index is 13.0. The Kier molecular flexibility index (Phi) is 5.78. The summed E-state index contributed by atoms with van der Waals surface area (Å²) in [7, 11) is 0. The van der Waals surface area contributed by atoms with E-state index in [0.29, 0.717) is 17.0 Å². The quantitative estimate of drug-likeness (QED) is 0.668. The van der Waals surface area contributed by atoms with Crippen LogP contribution in [-0.2, 0) is 11.0 Å². The van der Waals surface area contributed by atoms with Crippen molar-refractivity contribution in [3.8, 4) is 17.5 Å². The summed E-state index contributed by atoms with van der Waals surface area (Å²) in [5.41, 5.74) is 0.236. The van der Waals surface area contributed by atoms with Gasteiger partial charge >= 0.3 is 6.18 Å². The highest BCUT2D eigenvalue weighted by molar-refractivity contribution is 5.93. The van der Waals surface area contributed by atoms with Gasteiger partial charge < -0.3 is 10.1 Å². The number of rotatable bonds is 5. The Morgan fingerprint density at radius 1 is 1.20 bits per heavy atom. The number of hydrogen-bond acceptors (Lipinski definition) is 4. The second kappa shape index (κ2) is 8.29. The molecule has 3 aromatic rings. The topological polar surface area (TPSA) is 79.9 Å². The number of nitrogens with one attached hydrogen (secondary N) is 1. The van der Waals surface area contributed by atoms with Crippen molar-refractivity contribution in [1.29, 1.82) is 5.26 Å². The van der Waals surface area contributed by atoms with Crippen molar-refractivity contribution >= 4 is 11.7 Å². The first-order valence-corrected chi connectivity index (χ1v) is 8.89. The average molecular weight is 414 g/mol. The van der Waals surface area contributed by atoms with Crippen LogP contribution in [0.1, 0.15) is 23.7 Å². The lowest BCUT2D eigenvalue weighted by atomic mass is 10.2. The summed E-state index contributed by atoms with van der Waals surface area (Å²) in [4.78, 5) is 12.6. The molecule has 0 aliphatic rings. The molecule has 0 aliphatic carbocycles. The van der Waals surface area contributed by atoms with E-state index in [1.807, 2.05) is 6.07 Å². The molecule has 1 unspecified atom stereocenters. The number of carbonyl (C=O) groups is 1. The zero-order valence-electron chi connectivity index (χ0n) is 16.1. The highest BCUT2D eigenvalue weighted by atomic mass is 19.4. The maximum atomic E-state index is 13.0. The zero-order valence-corrected chi connectivity index (χ0v) is 16.1. The van der Waals surface area contributed by atoms with E-state index in [1.165, 1.54) is 29.8 Å². The SMILES string of the molecule is Cc1cc(NC(=O)C(C)Oc2cccc(C#N)c2)n(-c2cccc(C(F)(F)F)c2)n1. The number of anilines is 1. The Hall–Kier alpha value is -3.80. The van der Waals surface area contributed by atoms with E-state index in [9.17, 15) is 18.0 Å². The molecule has 1 aromatic heterocycles. The van der Waals surface area contributed by atoms with Crippen LogP contribution in [0.5, 0.6) is 5.75 Å². The largest absolute Gasteiger partial charge is 0.481 e. The minimum atomic E-state index is -4.50. The first-order chi connectivity index (χ1) is 14.2. The van der Waals surface area contributed by atoms with Gasteiger partial charge in [0.15, 0.2) is 6.10 Å². The smallest absolute Gasteiger partial charge is 0.416 e. The molecule has 0 fully saturated rings. The van der Waals surface area contributed by atoms with Gasteiger partial charge in [0, 0.05) is 6.07 Å². The second-order valence-electron chi connectivity index (χ2n) is 6.52. The number of alkyl halides is 3. The van der Waals surface area contributed by atoms with E-state index >= 15 is 0 Å². The Bertz CT molecular complexity index is 1120. The number of amides is 1. The number of nitriles is 1. The zero-order chi connectivity index (χ0) is 21.9. The third kappa shape index (κ3) is 4.78. The number of benzene rings is 2. The number of halogens is 3. The van der Waals surface area contributed by atoms with Crippen LogP contribution in [0.25, 0.3) is 5.69 Å². The molecule has 0 radical (unpaired) electrons. The molecular formula is C21H17F3N4O2. The second-order valence-corrected chi connectivity index (χ2v) is 6.52. The molecule has 3 rings (SSSR count). The standard InChI is InChI=1S/C21H17F3N4O2/c1-13-9-19(28(27-13)17-7-4-6-16(11-17)21(22,23)24)26-20(29)14(2)30-18-8-3-5-15(10-18)12-25/h3-11,14H,1-2H3,(H,26,29). The molecule has 0 saturated carbocycles. The van der Waals surface area contributed by atoms with Gasteiger partial charge in [0.2, 0.25) is 0 Å². The highest BCUT2D eigenvalue weighted by Crippen LogP contribution is 2.31. The van der Waals surface area contributed by atoms with Gasteiger partial charge in [-0.1, -0.05) is 12.1 Å². The maximum Gasteiger partial charge on any atom is 0.416 e. The molecule has 0 saturated heterocycles. The predicted molar refractivity (Wildman–Crippen MR) is 103 cm³/mol. The van der Waals surface area contributed by atoms with Gasteiger partial charge in [-0.15, -0.1) is 0 Å². The summed E-state index contributed by atoms with van der Waals surface area (Å²) in [5, 5.41) is 15.8. The summed E-state index contributed by atoms with van der Waals surface area (Å²) in [6.07, 6.45) is -5.42. The lowest BCUT2D eigenvalue weighted by Crippen LogP contribution is -2.31. The number of carbonyl (C=O) groups excluding carboxylic acids is 1. The molecule has 30 heavy (non-hydrogen) atoms. The molecule has 1 atom stereocenters.